The van der Waals surface area contributed by atoms with Crippen molar-refractivity contribution in [2.45, 2.75) is 335 Å². The lowest BCUT2D eigenvalue weighted by atomic mass is 10.0. The molecule has 0 saturated heterocycles. The molecule has 0 aliphatic rings. The van der Waals surface area contributed by atoms with Gasteiger partial charge in [-0.2, -0.15) is 0 Å². The lowest BCUT2D eigenvalue weighted by molar-refractivity contribution is -0.161. The quantitative estimate of drug-likeness (QED) is 0.0222. The first kappa shape index (κ1) is 79.1. The number of unbranched alkanes of at least 4 members (excludes halogenated alkanes) is 37. The number of esters is 4. The number of carbonyl (C=O) groups excluding carboxylic acids is 4. The molecule has 0 bridgehead atoms. The van der Waals surface area contributed by atoms with Crippen molar-refractivity contribution in [2.75, 3.05) is 39.6 Å². The van der Waals surface area contributed by atoms with Crippen molar-refractivity contribution in [1.82, 2.24) is 0 Å². The average Bonchev–Trinajstić information content (AvgIpc) is 3.44. The van der Waals surface area contributed by atoms with Crippen LogP contribution in [0.5, 0.6) is 0 Å². The third kappa shape index (κ3) is 56.9. The van der Waals surface area contributed by atoms with Gasteiger partial charge in [0.05, 0.1) is 26.4 Å². The Morgan fingerprint density at radius 3 is 0.778 bits per heavy atom. The van der Waals surface area contributed by atoms with Gasteiger partial charge in [-0.1, -0.05) is 265 Å². The number of hydrogen-bond acceptors (Lipinski definition) is 15. The molecule has 0 aliphatic carbocycles. The van der Waals surface area contributed by atoms with Gasteiger partial charge in [-0.3, -0.25) is 37.3 Å². The predicted octanol–water partition coefficient (Wildman–Crippen LogP) is 17.2. The summed E-state index contributed by atoms with van der Waals surface area (Å²) in [6.07, 6.45) is 43.3. The highest BCUT2D eigenvalue weighted by Crippen LogP contribution is 2.45. The van der Waals surface area contributed by atoms with E-state index in [1.165, 1.54) is 167 Å². The maximum Gasteiger partial charge on any atom is 0.472 e. The fraction of sp³-hybridized carbons (Fsp3) is 0.935. The van der Waals surface area contributed by atoms with Gasteiger partial charge in [-0.15, -0.1) is 0 Å². The number of phosphoric acid groups is 2. The van der Waals surface area contributed by atoms with Gasteiger partial charge in [-0.05, 0) is 25.7 Å². The second-order valence-corrected chi connectivity index (χ2v) is 25.4. The molecule has 0 rings (SSSR count). The Balaban J connectivity index is 5.04. The van der Waals surface area contributed by atoms with Crippen molar-refractivity contribution >= 4 is 39.5 Å². The first-order chi connectivity index (χ1) is 39.2. The summed E-state index contributed by atoms with van der Waals surface area (Å²) in [5.74, 6) is -2.19. The molecule has 0 aromatic heterocycles. The van der Waals surface area contributed by atoms with Crippen molar-refractivity contribution in [3.63, 3.8) is 0 Å². The molecule has 0 aromatic rings. The third-order valence-corrected chi connectivity index (χ3v) is 16.2. The topological polar surface area (TPSA) is 237 Å². The predicted molar refractivity (Wildman–Crippen MR) is 322 cm³/mol. The zero-order valence-corrected chi connectivity index (χ0v) is 53.5. The Morgan fingerprint density at radius 2 is 0.519 bits per heavy atom. The summed E-state index contributed by atoms with van der Waals surface area (Å²) in [4.78, 5) is 71.3. The number of aliphatic hydroxyl groups is 1. The maximum atomic E-state index is 12.9. The molecule has 0 spiro atoms. The highest BCUT2D eigenvalue weighted by Gasteiger charge is 2.30. The molecule has 0 amide bonds. The zero-order chi connectivity index (χ0) is 59.8. The van der Waals surface area contributed by atoms with Crippen LogP contribution in [0.25, 0.3) is 0 Å². The summed E-state index contributed by atoms with van der Waals surface area (Å²) in [5, 5.41) is 10.5. The largest absolute Gasteiger partial charge is 0.472 e. The standard InChI is InChI=1S/C62H120O17P2/c1-5-9-12-15-18-21-24-26-28-30-32-35-37-40-43-47-60(65)73-53-58(79-62(67)49-45-42-39-36-33-31-29-27-25-22-19-16-13-10-6-2)55-77-81(70,71)75-51-56(63)50-74-80(68,69)76-54-57(52-72-59(64)46-8-4)78-61(66)48-44-41-38-34-23-20-17-14-11-7-3/h56-58,63H,5-55H2,1-4H3,(H,68,69)(H,70,71)/t56-,57-,58-/m1/s1. The summed E-state index contributed by atoms with van der Waals surface area (Å²) in [5.41, 5.74) is 0. The van der Waals surface area contributed by atoms with E-state index >= 15 is 0 Å². The molecule has 2 unspecified atom stereocenters. The van der Waals surface area contributed by atoms with Gasteiger partial charge < -0.3 is 33.8 Å². The van der Waals surface area contributed by atoms with Gasteiger partial charge in [0.1, 0.15) is 19.3 Å². The minimum atomic E-state index is -4.94. The highest BCUT2D eigenvalue weighted by atomic mass is 31.2. The van der Waals surface area contributed by atoms with E-state index in [-0.39, 0.29) is 25.7 Å². The van der Waals surface area contributed by atoms with Crippen LogP contribution in [0, 0.1) is 0 Å². The average molecular weight is 1200 g/mol. The van der Waals surface area contributed by atoms with Crippen LogP contribution in [0.15, 0.2) is 0 Å². The van der Waals surface area contributed by atoms with E-state index in [1.54, 1.807) is 6.92 Å². The lowest BCUT2D eigenvalue weighted by Gasteiger charge is -2.21. The van der Waals surface area contributed by atoms with Crippen LogP contribution in [0.2, 0.25) is 0 Å². The zero-order valence-electron chi connectivity index (χ0n) is 51.7. The normalized spacial score (nSPS) is 14.2. The van der Waals surface area contributed by atoms with Gasteiger partial charge in [0, 0.05) is 25.7 Å². The molecule has 5 atom stereocenters. The van der Waals surface area contributed by atoms with Crippen molar-refractivity contribution in [2.24, 2.45) is 0 Å². The van der Waals surface area contributed by atoms with Gasteiger partial charge in [0.15, 0.2) is 12.2 Å². The van der Waals surface area contributed by atoms with E-state index < -0.39 is 97.5 Å². The van der Waals surface area contributed by atoms with E-state index in [1.807, 2.05) is 0 Å². The highest BCUT2D eigenvalue weighted by molar-refractivity contribution is 7.47. The van der Waals surface area contributed by atoms with Crippen molar-refractivity contribution in [3.05, 3.63) is 0 Å². The monoisotopic (exact) mass is 1200 g/mol. The van der Waals surface area contributed by atoms with Crippen LogP contribution in [0.1, 0.15) is 317 Å². The summed E-state index contributed by atoms with van der Waals surface area (Å²) in [6, 6.07) is 0. The van der Waals surface area contributed by atoms with Crippen LogP contribution in [0.4, 0.5) is 0 Å². The molecule has 0 aliphatic heterocycles. The number of phosphoric ester groups is 2. The summed E-state index contributed by atoms with van der Waals surface area (Å²) < 4.78 is 67.3. The second-order valence-electron chi connectivity index (χ2n) is 22.4. The Morgan fingerprint density at radius 1 is 0.296 bits per heavy atom. The summed E-state index contributed by atoms with van der Waals surface area (Å²) in [6.45, 7) is 4.50. The molecule has 0 fully saturated rings. The first-order valence-corrected chi connectivity index (χ1v) is 35.8. The molecule has 81 heavy (non-hydrogen) atoms. The molecule has 480 valence electrons. The van der Waals surface area contributed by atoms with Crippen LogP contribution >= 0.6 is 15.6 Å². The number of carbonyl (C=O) groups is 4. The fourth-order valence-corrected chi connectivity index (χ4v) is 10.9. The Kier molecular flexibility index (Phi) is 55.8. The summed E-state index contributed by atoms with van der Waals surface area (Å²) >= 11 is 0. The molecule has 0 radical (unpaired) electrons. The maximum absolute atomic E-state index is 12.9. The third-order valence-electron chi connectivity index (χ3n) is 14.3. The van der Waals surface area contributed by atoms with Crippen LogP contribution in [-0.2, 0) is 65.4 Å². The van der Waals surface area contributed by atoms with Crippen molar-refractivity contribution in [1.29, 1.82) is 0 Å². The van der Waals surface area contributed by atoms with Crippen LogP contribution in [-0.4, -0.2) is 96.7 Å². The van der Waals surface area contributed by atoms with Crippen molar-refractivity contribution < 1.29 is 80.2 Å². The molecule has 19 heteroatoms. The van der Waals surface area contributed by atoms with Crippen LogP contribution < -0.4 is 0 Å². The molecular formula is C62H120O17P2. The Bertz CT molecular complexity index is 1570. The number of ether oxygens (including phenoxy) is 4. The first-order valence-electron chi connectivity index (χ1n) is 32.8. The van der Waals surface area contributed by atoms with E-state index in [0.717, 1.165) is 70.6 Å². The van der Waals surface area contributed by atoms with E-state index in [0.29, 0.717) is 25.7 Å². The minimum Gasteiger partial charge on any atom is -0.462 e. The van der Waals surface area contributed by atoms with Gasteiger partial charge in [-0.25, -0.2) is 9.13 Å². The Labute approximate surface area is 492 Å². The molecule has 0 saturated carbocycles. The molecule has 17 nitrogen and oxygen atoms in total. The molecule has 0 aromatic carbocycles. The fourth-order valence-electron chi connectivity index (χ4n) is 9.32. The lowest BCUT2D eigenvalue weighted by Crippen LogP contribution is -2.30. The summed E-state index contributed by atoms with van der Waals surface area (Å²) in [7, 11) is -9.86. The number of hydrogen-bond donors (Lipinski definition) is 3. The van der Waals surface area contributed by atoms with Gasteiger partial charge in [0.25, 0.3) is 0 Å². The molecular weight excluding hydrogens is 1080 g/mol. The molecule has 3 N–H and O–H groups in total. The van der Waals surface area contributed by atoms with Gasteiger partial charge in [0.2, 0.25) is 0 Å². The second kappa shape index (κ2) is 57.2. The van der Waals surface area contributed by atoms with Gasteiger partial charge >= 0.3 is 39.5 Å². The Hall–Kier alpha value is -1.94. The minimum absolute atomic E-state index is 0.103. The number of aliphatic hydroxyl groups excluding tert-OH is 1. The van der Waals surface area contributed by atoms with Crippen molar-refractivity contribution in [3.8, 4) is 0 Å². The van der Waals surface area contributed by atoms with Crippen LogP contribution in [0.3, 0.4) is 0 Å². The van der Waals surface area contributed by atoms with E-state index in [4.69, 9.17) is 37.0 Å². The van der Waals surface area contributed by atoms with E-state index in [9.17, 15) is 43.2 Å². The SMILES string of the molecule is CCCCCCCCCCCCCCCCCC(=O)OC[C@H](COP(=O)(O)OC[C@H](O)COP(=O)(O)OC[C@@H](COC(=O)CCC)OC(=O)CCCCCCCCCCCC)OC(=O)CCCCCCCCCCCCCCCCC. The smallest absolute Gasteiger partial charge is 0.462 e. The molecule has 0 heterocycles. The number of rotatable bonds is 63. The van der Waals surface area contributed by atoms with E-state index in [2.05, 4.69) is 20.8 Å².